The molecule has 2 amide bonds. The number of aromatic nitrogens is 2. The fourth-order valence-electron chi connectivity index (χ4n) is 4.02. The number of carbonyl (C=O) groups excluding carboxylic acids is 1. The normalized spacial score (nSPS) is 23.8. The molecular weight excluding hydrogens is 338 g/mol. The Labute approximate surface area is 155 Å². The lowest BCUT2D eigenvalue weighted by atomic mass is 9.95. The standard InChI is InChI=1S/C18H30ClN5O/c1-4-5-6-16-20-15(17(19)21-16)12-23-9-13-7-8-14(23)11-24(10-13)18(25)22(2)3/h13-14H,4-12H2,1-3H3,(H,20,21)/t13-,14-/m0/s1. The van der Waals surface area contributed by atoms with Gasteiger partial charge >= 0.3 is 6.03 Å². The van der Waals surface area contributed by atoms with E-state index in [1.54, 1.807) is 4.90 Å². The van der Waals surface area contributed by atoms with Gasteiger partial charge in [-0.1, -0.05) is 24.9 Å². The van der Waals surface area contributed by atoms with Gasteiger partial charge in [0.15, 0.2) is 5.15 Å². The molecule has 2 bridgehead atoms. The molecule has 0 aliphatic carbocycles. The molecule has 3 fully saturated rings. The van der Waals surface area contributed by atoms with Gasteiger partial charge in [-0.2, -0.15) is 0 Å². The van der Waals surface area contributed by atoms with Crippen LogP contribution in [0.3, 0.4) is 0 Å². The second-order valence-electron chi connectivity index (χ2n) is 7.67. The van der Waals surface area contributed by atoms with Gasteiger partial charge in [0.25, 0.3) is 0 Å². The average molecular weight is 368 g/mol. The van der Waals surface area contributed by atoms with Gasteiger partial charge in [-0.3, -0.25) is 4.90 Å². The number of hydrogen-bond donors (Lipinski definition) is 1. The highest BCUT2D eigenvalue weighted by molar-refractivity contribution is 6.30. The van der Waals surface area contributed by atoms with Crippen LogP contribution in [0.25, 0.3) is 0 Å². The number of nitrogens with one attached hydrogen (secondary N) is 1. The number of rotatable bonds is 5. The van der Waals surface area contributed by atoms with Crippen molar-refractivity contribution in [2.45, 2.75) is 51.6 Å². The van der Waals surface area contributed by atoms with Crippen molar-refractivity contribution in [3.05, 3.63) is 16.7 Å². The number of imidazole rings is 1. The van der Waals surface area contributed by atoms with Gasteiger partial charge in [0.05, 0.1) is 5.69 Å². The highest BCUT2D eigenvalue weighted by Gasteiger charge is 2.37. The fraction of sp³-hybridized carbons (Fsp3) is 0.778. The summed E-state index contributed by atoms with van der Waals surface area (Å²) < 4.78 is 0. The highest BCUT2D eigenvalue weighted by Crippen LogP contribution is 2.30. The summed E-state index contributed by atoms with van der Waals surface area (Å²) in [6.45, 7) is 5.68. The van der Waals surface area contributed by atoms with Crippen molar-refractivity contribution in [3.63, 3.8) is 0 Å². The Bertz CT molecular complexity index is 602. The SMILES string of the molecule is CCCCc1nc(Cl)c(CN2C[C@@H]3CC[C@H]2CN(C(=O)N(C)C)C3)[nH]1. The smallest absolute Gasteiger partial charge is 0.319 e. The van der Waals surface area contributed by atoms with E-state index in [0.29, 0.717) is 17.1 Å². The molecule has 0 unspecified atom stereocenters. The third kappa shape index (κ3) is 4.29. The first-order valence-corrected chi connectivity index (χ1v) is 9.79. The zero-order chi connectivity index (χ0) is 18.0. The molecule has 4 heterocycles. The summed E-state index contributed by atoms with van der Waals surface area (Å²) in [4.78, 5) is 26.5. The Morgan fingerprint density at radius 1 is 1.32 bits per heavy atom. The van der Waals surface area contributed by atoms with E-state index < -0.39 is 0 Å². The molecule has 4 rings (SSSR count). The Balaban J connectivity index is 1.68. The molecule has 140 valence electrons. The lowest BCUT2D eigenvalue weighted by Gasteiger charge is -2.35. The lowest BCUT2D eigenvalue weighted by Crippen LogP contribution is -2.45. The van der Waals surface area contributed by atoms with E-state index in [0.717, 1.165) is 63.4 Å². The summed E-state index contributed by atoms with van der Waals surface area (Å²) in [7, 11) is 3.66. The van der Waals surface area contributed by atoms with Crippen molar-refractivity contribution in [3.8, 4) is 0 Å². The molecule has 25 heavy (non-hydrogen) atoms. The average Bonchev–Trinajstić information content (AvgIpc) is 2.76. The van der Waals surface area contributed by atoms with E-state index in [1.165, 1.54) is 6.42 Å². The van der Waals surface area contributed by atoms with Crippen LogP contribution in [0.5, 0.6) is 0 Å². The molecule has 2 atom stereocenters. The molecule has 1 N–H and O–H groups in total. The van der Waals surface area contributed by atoms with E-state index in [1.807, 2.05) is 19.0 Å². The van der Waals surface area contributed by atoms with E-state index in [4.69, 9.17) is 11.6 Å². The van der Waals surface area contributed by atoms with Crippen LogP contribution in [0.15, 0.2) is 0 Å². The summed E-state index contributed by atoms with van der Waals surface area (Å²) in [5.41, 5.74) is 1.02. The van der Waals surface area contributed by atoms with Crippen LogP contribution in [-0.4, -0.2) is 70.5 Å². The summed E-state index contributed by atoms with van der Waals surface area (Å²) in [6, 6.07) is 0.529. The number of hydrogen-bond acceptors (Lipinski definition) is 3. The molecule has 3 aliphatic rings. The summed E-state index contributed by atoms with van der Waals surface area (Å²) >= 11 is 6.37. The quantitative estimate of drug-likeness (QED) is 0.870. The maximum absolute atomic E-state index is 12.4. The van der Waals surface area contributed by atoms with Crippen molar-refractivity contribution in [1.29, 1.82) is 0 Å². The van der Waals surface area contributed by atoms with Crippen molar-refractivity contribution < 1.29 is 4.79 Å². The molecule has 0 aromatic carbocycles. The van der Waals surface area contributed by atoms with Crippen LogP contribution in [0.1, 0.15) is 44.1 Å². The molecule has 1 aromatic heterocycles. The Morgan fingerprint density at radius 2 is 2.12 bits per heavy atom. The van der Waals surface area contributed by atoms with Gasteiger partial charge in [0, 0.05) is 52.7 Å². The first-order valence-electron chi connectivity index (χ1n) is 9.41. The largest absolute Gasteiger partial charge is 0.344 e. The summed E-state index contributed by atoms with van der Waals surface area (Å²) in [5, 5.41) is 0.604. The molecule has 0 radical (unpaired) electrons. The number of piperidine rings is 1. The zero-order valence-corrected chi connectivity index (χ0v) is 16.3. The highest BCUT2D eigenvalue weighted by atomic mass is 35.5. The van der Waals surface area contributed by atoms with Crippen LogP contribution in [0, 0.1) is 5.92 Å². The number of unbranched alkanes of at least 4 members (excludes halogenated alkanes) is 1. The number of amides is 2. The van der Waals surface area contributed by atoms with Crippen molar-refractivity contribution >= 4 is 17.6 Å². The third-order valence-corrected chi connectivity index (χ3v) is 5.70. The number of H-pyrrole nitrogens is 1. The maximum Gasteiger partial charge on any atom is 0.319 e. The predicted octanol–water partition coefficient (Wildman–Crippen LogP) is 2.98. The number of fused-ring (bicyclic) bond motifs is 4. The topological polar surface area (TPSA) is 55.5 Å². The molecule has 0 spiro atoms. The van der Waals surface area contributed by atoms with Gasteiger partial charge in [0.2, 0.25) is 0 Å². The van der Waals surface area contributed by atoms with Crippen LogP contribution < -0.4 is 0 Å². The fourth-order valence-corrected chi connectivity index (χ4v) is 4.23. The van der Waals surface area contributed by atoms with Crippen molar-refractivity contribution in [2.24, 2.45) is 5.92 Å². The monoisotopic (exact) mass is 367 g/mol. The number of halogens is 1. The van der Waals surface area contributed by atoms with Gasteiger partial charge in [0.1, 0.15) is 5.82 Å². The Kier molecular flexibility index (Phi) is 5.89. The van der Waals surface area contributed by atoms with Crippen LogP contribution >= 0.6 is 11.6 Å². The minimum Gasteiger partial charge on any atom is -0.344 e. The molecule has 3 saturated heterocycles. The third-order valence-electron chi connectivity index (χ3n) is 5.39. The van der Waals surface area contributed by atoms with E-state index >= 15 is 0 Å². The maximum atomic E-state index is 12.4. The number of aromatic amines is 1. The molecule has 0 saturated carbocycles. The Morgan fingerprint density at radius 3 is 2.84 bits per heavy atom. The van der Waals surface area contributed by atoms with Crippen LogP contribution in [0.4, 0.5) is 4.79 Å². The van der Waals surface area contributed by atoms with Gasteiger partial charge < -0.3 is 14.8 Å². The molecule has 6 nitrogen and oxygen atoms in total. The van der Waals surface area contributed by atoms with Crippen molar-refractivity contribution in [2.75, 3.05) is 33.7 Å². The number of urea groups is 1. The van der Waals surface area contributed by atoms with E-state index in [2.05, 4.69) is 21.8 Å². The zero-order valence-electron chi connectivity index (χ0n) is 15.6. The second kappa shape index (κ2) is 7.96. The van der Waals surface area contributed by atoms with Crippen molar-refractivity contribution in [1.82, 2.24) is 24.7 Å². The second-order valence-corrected chi connectivity index (χ2v) is 8.02. The van der Waals surface area contributed by atoms with Gasteiger partial charge in [-0.15, -0.1) is 0 Å². The lowest BCUT2D eigenvalue weighted by molar-refractivity contribution is 0.121. The molecule has 3 aliphatic heterocycles. The predicted molar refractivity (Wildman–Crippen MR) is 99.8 cm³/mol. The summed E-state index contributed by atoms with van der Waals surface area (Å²) in [5.74, 6) is 1.54. The van der Waals surface area contributed by atoms with E-state index in [-0.39, 0.29) is 6.03 Å². The first-order chi connectivity index (χ1) is 12.0. The number of carbonyl (C=O) groups is 1. The number of aryl methyl sites for hydroxylation is 1. The van der Waals surface area contributed by atoms with Crippen LogP contribution in [-0.2, 0) is 13.0 Å². The van der Waals surface area contributed by atoms with Gasteiger partial charge in [-0.25, -0.2) is 9.78 Å². The molecule has 7 heteroatoms. The first kappa shape index (κ1) is 18.5. The minimum atomic E-state index is 0.125. The Hall–Kier alpha value is -1.27. The molecular formula is C18H30ClN5O. The van der Waals surface area contributed by atoms with E-state index in [9.17, 15) is 4.79 Å². The molecule has 1 aromatic rings. The number of nitrogens with zero attached hydrogens (tertiary/aromatic N) is 4. The summed E-state index contributed by atoms with van der Waals surface area (Å²) in [6.07, 6.45) is 5.58. The van der Waals surface area contributed by atoms with Gasteiger partial charge in [-0.05, 0) is 25.2 Å². The minimum absolute atomic E-state index is 0.125. The van der Waals surface area contributed by atoms with Crippen LogP contribution in [0.2, 0.25) is 5.15 Å².